The van der Waals surface area contributed by atoms with Crippen LogP contribution in [0.15, 0.2) is 18.3 Å². The molecule has 0 aromatic carbocycles. The van der Waals surface area contributed by atoms with Gasteiger partial charge in [0.2, 0.25) is 0 Å². The molecule has 0 bridgehead atoms. The van der Waals surface area contributed by atoms with Crippen molar-refractivity contribution in [3.8, 4) is 0 Å². The van der Waals surface area contributed by atoms with Gasteiger partial charge in [0, 0.05) is 18.9 Å². The topological polar surface area (TPSA) is 26.2 Å². The Bertz CT molecular complexity index is 260. The molecule has 0 unspecified atom stereocenters. The highest BCUT2D eigenvalue weighted by atomic mass is 16.7. The molecule has 0 atom stereocenters. The van der Waals surface area contributed by atoms with Gasteiger partial charge in [0.25, 0.3) is 0 Å². The molecule has 0 amide bonds. The molecule has 3 heteroatoms. The van der Waals surface area contributed by atoms with Gasteiger partial charge in [-0.1, -0.05) is 0 Å². The molecule has 0 saturated heterocycles. The summed E-state index contributed by atoms with van der Waals surface area (Å²) in [7, 11) is 2.02. The third-order valence-corrected chi connectivity index (χ3v) is 1.68. The number of hydrogen-bond acceptors (Lipinski definition) is 2. The van der Waals surface area contributed by atoms with Crippen molar-refractivity contribution >= 4 is 0 Å². The highest BCUT2D eigenvalue weighted by molar-refractivity contribution is 5.05. The van der Waals surface area contributed by atoms with Gasteiger partial charge in [0.05, 0.1) is 12.1 Å². The molecule has 0 aliphatic rings. The van der Waals surface area contributed by atoms with E-state index in [9.17, 15) is 0 Å². The number of hydroxylamine groups is 1. The van der Waals surface area contributed by atoms with Crippen LogP contribution in [-0.2, 0) is 18.4 Å². The van der Waals surface area contributed by atoms with E-state index >= 15 is 0 Å². The first-order valence-electron chi connectivity index (χ1n) is 4.50. The summed E-state index contributed by atoms with van der Waals surface area (Å²) in [6.07, 6.45) is 2.02. The lowest BCUT2D eigenvalue weighted by molar-refractivity contribution is -0.0763. The minimum atomic E-state index is -0.134. The van der Waals surface area contributed by atoms with Gasteiger partial charge in [-0.2, -0.15) is 5.48 Å². The quantitative estimate of drug-likeness (QED) is 0.722. The average Bonchev–Trinajstić information content (AvgIpc) is 2.34. The fourth-order valence-corrected chi connectivity index (χ4v) is 1.01. The lowest BCUT2D eigenvalue weighted by Crippen LogP contribution is -2.29. The second-order valence-electron chi connectivity index (χ2n) is 4.15. The highest BCUT2D eigenvalue weighted by Gasteiger charge is 2.09. The lowest BCUT2D eigenvalue weighted by Gasteiger charge is -2.19. The van der Waals surface area contributed by atoms with Crippen molar-refractivity contribution in [3.63, 3.8) is 0 Å². The number of aryl methyl sites for hydroxylation is 1. The third-order valence-electron chi connectivity index (χ3n) is 1.68. The highest BCUT2D eigenvalue weighted by Crippen LogP contribution is 2.05. The minimum Gasteiger partial charge on any atom is -0.353 e. The van der Waals surface area contributed by atoms with Gasteiger partial charge >= 0.3 is 0 Å². The molecule has 3 nitrogen and oxygen atoms in total. The van der Waals surface area contributed by atoms with E-state index in [2.05, 4.69) is 16.1 Å². The lowest BCUT2D eigenvalue weighted by atomic mass is 10.2. The Morgan fingerprint density at radius 3 is 2.62 bits per heavy atom. The summed E-state index contributed by atoms with van der Waals surface area (Å²) in [5.74, 6) is 0. The molecule has 1 N–H and O–H groups in total. The van der Waals surface area contributed by atoms with Crippen LogP contribution in [0.3, 0.4) is 0 Å². The third kappa shape index (κ3) is 3.61. The van der Waals surface area contributed by atoms with Crippen molar-refractivity contribution in [2.75, 3.05) is 0 Å². The van der Waals surface area contributed by atoms with Crippen LogP contribution in [0.4, 0.5) is 0 Å². The van der Waals surface area contributed by atoms with Crippen molar-refractivity contribution in [2.45, 2.75) is 32.9 Å². The molecule has 0 aliphatic carbocycles. The Balaban J connectivity index is 2.32. The Hall–Kier alpha value is -0.800. The standard InChI is InChI=1S/C10H18N2O/c1-10(2,3)13-11-8-9-6-5-7-12(9)4/h5-7,11H,8H2,1-4H3. The predicted octanol–water partition coefficient (Wildman–Crippen LogP) is 1.84. The van der Waals surface area contributed by atoms with E-state index in [1.165, 1.54) is 5.69 Å². The normalized spacial score (nSPS) is 12.0. The number of aromatic nitrogens is 1. The molecule has 0 fully saturated rings. The van der Waals surface area contributed by atoms with Gasteiger partial charge in [-0.05, 0) is 32.9 Å². The van der Waals surface area contributed by atoms with Crippen LogP contribution in [0.2, 0.25) is 0 Å². The van der Waals surface area contributed by atoms with Gasteiger partial charge in [-0.25, -0.2) is 0 Å². The van der Waals surface area contributed by atoms with E-state index in [4.69, 9.17) is 4.84 Å². The molecule has 1 aromatic rings. The molecule has 0 saturated carbocycles. The van der Waals surface area contributed by atoms with Crippen molar-refractivity contribution in [1.82, 2.24) is 10.0 Å². The van der Waals surface area contributed by atoms with Crippen LogP contribution < -0.4 is 5.48 Å². The summed E-state index contributed by atoms with van der Waals surface area (Å²) in [6, 6.07) is 4.09. The zero-order valence-electron chi connectivity index (χ0n) is 8.79. The van der Waals surface area contributed by atoms with Gasteiger partial charge in [0.15, 0.2) is 0 Å². The van der Waals surface area contributed by atoms with E-state index in [1.807, 2.05) is 40.1 Å². The molecular weight excluding hydrogens is 164 g/mol. The summed E-state index contributed by atoms with van der Waals surface area (Å²) in [5.41, 5.74) is 4.03. The molecule has 74 valence electrons. The molecule has 1 heterocycles. The van der Waals surface area contributed by atoms with E-state index in [-0.39, 0.29) is 5.60 Å². The SMILES string of the molecule is Cn1cccc1CNOC(C)(C)C. The van der Waals surface area contributed by atoms with Crippen molar-refractivity contribution in [3.05, 3.63) is 24.0 Å². The summed E-state index contributed by atoms with van der Waals surface area (Å²) in [4.78, 5) is 5.39. The Morgan fingerprint density at radius 1 is 1.46 bits per heavy atom. The van der Waals surface area contributed by atoms with Gasteiger partial charge in [0.1, 0.15) is 0 Å². The van der Waals surface area contributed by atoms with Crippen LogP contribution >= 0.6 is 0 Å². The first-order valence-corrected chi connectivity index (χ1v) is 4.50. The van der Waals surface area contributed by atoms with E-state index in [0.717, 1.165) is 6.54 Å². The molecular formula is C10H18N2O. The van der Waals surface area contributed by atoms with E-state index < -0.39 is 0 Å². The van der Waals surface area contributed by atoms with Crippen LogP contribution in [0.1, 0.15) is 26.5 Å². The maximum Gasteiger partial charge on any atom is 0.0813 e. The largest absolute Gasteiger partial charge is 0.353 e. The van der Waals surface area contributed by atoms with E-state index in [1.54, 1.807) is 0 Å². The van der Waals surface area contributed by atoms with Gasteiger partial charge in [-0.15, -0.1) is 0 Å². The molecule has 0 aliphatic heterocycles. The summed E-state index contributed by atoms with van der Waals surface area (Å²) < 4.78 is 2.07. The van der Waals surface area contributed by atoms with Crippen LogP contribution in [-0.4, -0.2) is 10.2 Å². The summed E-state index contributed by atoms with van der Waals surface area (Å²) in [6.45, 7) is 6.79. The van der Waals surface area contributed by atoms with Crippen molar-refractivity contribution in [2.24, 2.45) is 7.05 Å². The van der Waals surface area contributed by atoms with Crippen LogP contribution in [0, 0.1) is 0 Å². The summed E-state index contributed by atoms with van der Waals surface area (Å²) in [5, 5.41) is 0. The fourth-order valence-electron chi connectivity index (χ4n) is 1.01. The van der Waals surface area contributed by atoms with Crippen LogP contribution in [0.25, 0.3) is 0 Å². The second kappa shape index (κ2) is 3.94. The monoisotopic (exact) mass is 182 g/mol. The number of nitrogens with one attached hydrogen (secondary N) is 1. The zero-order chi connectivity index (χ0) is 9.90. The number of hydrogen-bond donors (Lipinski definition) is 1. The Kier molecular flexibility index (Phi) is 3.12. The Labute approximate surface area is 79.7 Å². The first-order chi connectivity index (χ1) is 5.99. The van der Waals surface area contributed by atoms with E-state index in [0.29, 0.717) is 0 Å². The van der Waals surface area contributed by atoms with Crippen LogP contribution in [0.5, 0.6) is 0 Å². The predicted molar refractivity (Wildman–Crippen MR) is 53.1 cm³/mol. The molecule has 0 radical (unpaired) electrons. The summed E-state index contributed by atoms with van der Waals surface area (Å²) >= 11 is 0. The Morgan fingerprint density at radius 2 is 2.15 bits per heavy atom. The second-order valence-corrected chi connectivity index (χ2v) is 4.15. The minimum absolute atomic E-state index is 0.134. The van der Waals surface area contributed by atoms with Gasteiger partial charge in [-0.3, -0.25) is 4.84 Å². The molecule has 13 heavy (non-hydrogen) atoms. The van der Waals surface area contributed by atoms with Gasteiger partial charge < -0.3 is 4.57 Å². The smallest absolute Gasteiger partial charge is 0.0813 e. The fraction of sp³-hybridized carbons (Fsp3) is 0.600. The average molecular weight is 182 g/mol. The zero-order valence-corrected chi connectivity index (χ0v) is 8.79. The molecule has 0 spiro atoms. The maximum atomic E-state index is 5.39. The number of rotatable bonds is 3. The maximum absolute atomic E-state index is 5.39. The first kappa shape index (κ1) is 10.3. The molecule has 1 aromatic heterocycles. The molecule has 1 rings (SSSR count). The number of nitrogens with zero attached hydrogens (tertiary/aromatic N) is 1. The van der Waals surface area contributed by atoms with Crippen molar-refractivity contribution in [1.29, 1.82) is 0 Å². The van der Waals surface area contributed by atoms with Crippen molar-refractivity contribution < 1.29 is 4.84 Å².